The number of amides is 7. The number of carboxylic acids is 1. The van der Waals surface area contributed by atoms with Crippen LogP contribution in [0, 0.1) is 35.0 Å². The number of imide groups is 1. The molecule has 12 rings (SSSR count). The number of benzene rings is 3. The van der Waals surface area contributed by atoms with Crippen LogP contribution in [-0.4, -0.2) is 151 Å². The number of rotatable bonds is 34. The average molecular weight is 1450 g/mol. The fourth-order valence-corrected chi connectivity index (χ4v) is 18.1. The summed E-state index contributed by atoms with van der Waals surface area (Å²) < 4.78 is 50.1. The van der Waals surface area contributed by atoms with Crippen LogP contribution in [0.25, 0.3) is 43.5 Å². The molecule has 0 saturated heterocycles. The second kappa shape index (κ2) is 31.1. The maximum absolute atomic E-state index is 13.9. The second-order valence-corrected chi connectivity index (χ2v) is 31.6. The molecule has 4 aromatic heterocycles. The molecule has 4 saturated carbocycles. The summed E-state index contributed by atoms with van der Waals surface area (Å²) in [4.78, 5) is 131. The quantitative estimate of drug-likeness (QED) is 0.00805. The highest BCUT2D eigenvalue weighted by Crippen LogP contribution is 2.72. The number of esters is 1. The van der Waals surface area contributed by atoms with Crippen molar-refractivity contribution in [3.63, 3.8) is 0 Å². The Morgan fingerprint density at radius 1 is 0.806 bits per heavy atom. The third kappa shape index (κ3) is 18.2. The van der Waals surface area contributed by atoms with E-state index in [2.05, 4.69) is 50.4 Å². The number of ketones is 1. The minimum Gasteiger partial charge on any atom is -0.476 e. The van der Waals surface area contributed by atoms with E-state index in [4.69, 9.17) is 25.3 Å². The van der Waals surface area contributed by atoms with Crippen molar-refractivity contribution in [3.8, 4) is 22.4 Å². The van der Waals surface area contributed by atoms with E-state index < -0.39 is 63.4 Å². The van der Waals surface area contributed by atoms with E-state index in [9.17, 15) is 61.2 Å². The number of urea groups is 1. The van der Waals surface area contributed by atoms with Crippen molar-refractivity contribution in [2.75, 3.05) is 42.6 Å². The summed E-state index contributed by atoms with van der Waals surface area (Å²) in [6.07, 6.45) is 12.6. The summed E-state index contributed by atoms with van der Waals surface area (Å²) >= 11 is 1.37. The molecule has 5 aliphatic rings. The number of anilines is 2. The molecule has 103 heavy (non-hydrogen) atoms. The van der Waals surface area contributed by atoms with Crippen molar-refractivity contribution in [2.24, 2.45) is 33.8 Å². The minimum atomic E-state index is -4.69. The van der Waals surface area contributed by atoms with Crippen molar-refractivity contribution in [1.82, 2.24) is 45.6 Å². The van der Waals surface area contributed by atoms with Gasteiger partial charge in [-0.2, -0.15) is 13.5 Å². The number of Topliss-reactive ketones (excluding diaryl/α,β-unsaturated/α-hetero) is 1. The molecule has 4 bridgehead atoms. The first-order chi connectivity index (χ1) is 49.0. The van der Waals surface area contributed by atoms with Gasteiger partial charge in [-0.1, -0.05) is 75.8 Å². The molecule has 5 heterocycles. The van der Waals surface area contributed by atoms with Gasteiger partial charge in [-0.3, -0.25) is 58.0 Å². The predicted molar refractivity (Wildman–Crippen MR) is 385 cm³/mol. The van der Waals surface area contributed by atoms with Crippen molar-refractivity contribution >= 4 is 107 Å². The molecule has 7 amide bonds. The molecule has 1 aliphatic heterocycles. The Bertz CT molecular complexity index is 4520. The maximum atomic E-state index is 13.9. The number of hydrogen-bond acceptors (Lipinski definition) is 19. The monoisotopic (exact) mass is 1450 g/mol. The van der Waals surface area contributed by atoms with E-state index in [0.29, 0.717) is 93.9 Å². The molecule has 5 atom stereocenters. The van der Waals surface area contributed by atoms with Crippen LogP contribution in [0.1, 0.15) is 143 Å². The predicted octanol–water partition coefficient (Wildman–Crippen LogP) is 9.34. The molecule has 29 heteroatoms. The van der Waals surface area contributed by atoms with Gasteiger partial charge >= 0.3 is 18.0 Å². The number of pyridine rings is 2. The average Bonchev–Trinajstić information content (AvgIpc) is 0.795. The molecule has 0 spiro atoms. The number of carbonyl (C=O) groups excluding carboxylic acids is 8. The summed E-state index contributed by atoms with van der Waals surface area (Å²) in [7, 11) is -4.69. The van der Waals surface area contributed by atoms with E-state index in [0.717, 1.165) is 52.9 Å². The fourth-order valence-electron chi connectivity index (χ4n) is 16.5. The number of para-hydroxylation sites is 1. The van der Waals surface area contributed by atoms with Crippen LogP contribution in [0.5, 0.6) is 0 Å². The molecular formula is C74H86N12O15S2. The Kier molecular flexibility index (Phi) is 22.5. The van der Waals surface area contributed by atoms with Crippen LogP contribution < -0.4 is 32.3 Å². The lowest BCUT2D eigenvalue weighted by Gasteiger charge is -2.69. The smallest absolute Gasteiger partial charge is 0.355 e. The van der Waals surface area contributed by atoms with Gasteiger partial charge in [0.1, 0.15) is 18.4 Å². The lowest BCUT2D eigenvalue weighted by molar-refractivity contribution is -0.247. The highest BCUT2D eigenvalue weighted by molar-refractivity contribution is 7.85. The number of ether oxygens (including phenoxy) is 2. The lowest BCUT2D eigenvalue weighted by atomic mass is 9.39. The number of hydrogen-bond donors (Lipinski definition) is 8. The SMILES string of the molecule is Cc1c(-c2ccc(-c3ccc4nccc(C(=O)Nc5nc6ccccc6s5)c4c3)nc2C(=O)O)cnn1CC12CC3(C)CC(C)(C1)CC(OCCNC(CS(=O)(=O)O)C(=O)OCc1ccc(NC(=O)[C@H](CCCNC(N)=O)CC(=O)[C@@H](NC(=O)CCCCCN4C(=O)C=CC4=O)C(C)C)cc1)(C3)C2. The van der Waals surface area contributed by atoms with Crippen LogP contribution in [0.15, 0.2) is 109 Å². The number of unbranched alkanes of at least 4 members (excludes halogenated alkanes) is 2. The molecular weight excluding hydrogens is 1360 g/mol. The zero-order valence-electron chi connectivity index (χ0n) is 58.1. The van der Waals surface area contributed by atoms with Gasteiger partial charge in [0.15, 0.2) is 16.6 Å². The number of thiazole rings is 1. The van der Waals surface area contributed by atoms with Crippen LogP contribution in [0.3, 0.4) is 0 Å². The number of primary amides is 1. The highest BCUT2D eigenvalue weighted by Gasteiger charge is 2.66. The molecule has 7 aromatic rings. The molecule has 27 nitrogen and oxygen atoms in total. The number of nitrogens with one attached hydrogen (secondary N) is 5. The first-order valence-corrected chi connectivity index (χ1v) is 37.0. The van der Waals surface area contributed by atoms with Crippen LogP contribution in [0.2, 0.25) is 0 Å². The molecule has 3 unspecified atom stereocenters. The Balaban J connectivity index is 0.688. The topological polar surface area (TPSA) is 393 Å². The first kappa shape index (κ1) is 74.5. The van der Waals surface area contributed by atoms with Crippen molar-refractivity contribution in [3.05, 3.63) is 132 Å². The number of fused-ring (bicyclic) bond motifs is 2. The second-order valence-electron chi connectivity index (χ2n) is 29.1. The maximum Gasteiger partial charge on any atom is 0.355 e. The molecule has 4 fully saturated rings. The highest BCUT2D eigenvalue weighted by atomic mass is 32.2. The van der Waals surface area contributed by atoms with Gasteiger partial charge in [0, 0.05) is 96.7 Å². The van der Waals surface area contributed by atoms with Crippen molar-refractivity contribution in [2.45, 2.75) is 149 Å². The van der Waals surface area contributed by atoms with E-state index >= 15 is 0 Å². The zero-order valence-corrected chi connectivity index (χ0v) is 59.8. The van der Waals surface area contributed by atoms with E-state index in [1.165, 1.54) is 23.5 Å². The molecule has 4 aliphatic carbocycles. The molecule has 3 aromatic carbocycles. The Morgan fingerprint density at radius 2 is 1.54 bits per heavy atom. The summed E-state index contributed by atoms with van der Waals surface area (Å²) in [6.45, 7) is 10.8. The number of aromatic carboxylic acids is 1. The lowest BCUT2D eigenvalue weighted by Crippen LogP contribution is -2.64. The first-order valence-electron chi connectivity index (χ1n) is 34.6. The third-order valence-electron chi connectivity index (χ3n) is 20.0. The molecule has 9 N–H and O–H groups in total. The van der Waals surface area contributed by atoms with Gasteiger partial charge in [0.25, 0.3) is 27.8 Å². The van der Waals surface area contributed by atoms with Crippen LogP contribution >= 0.6 is 11.3 Å². The Hall–Kier alpha value is -9.68. The molecule has 544 valence electrons. The normalized spacial score (nSPS) is 20.7. The van der Waals surface area contributed by atoms with Crippen LogP contribution in [-0.2, 0) is 61.5 Å². The van der Waals surface area contributed by atoms with Crippen molar-refractivity contribution in [1.29, 1.82) is 0 Å². The molecule has 0 radical (unpaired) electrons. The zero-order chi connectivity index (χ0) is 73.6. The third-order valence-corrected chi connectivity index (χ3v) is 21.7. The van der Waals surface area contributed by atoms with Gasteiger partial charge < -0.3 is 41.6 Å². The van der Waals surface area contributed by atoms with Crippen molar-refractivity contribution < 1.29 is 70.7 Å². The number of nitrogens with zero attached hydrogens (tertiary/aromatic N) is 6. The van der Waals surface area contributed by atoms with Gasteiger partial charge in [-0.05, 0) is 153 Å². The van der Waals surface area contributed by atoms with E-state index in [1.54, 1.807) is 86.9 Å². The van der Waals surface area contributed by atoms with Crippen LogP contribution in [0.4, 0.5) is 15.6 Å². The minimum absolute atomic E-state index is 0.0317. The number of nitrogens with two attached hydrogens (primary N) is 1. The number of carbonyl (C=O) groups is 9. The Morgan fingerprint density at radius 3 is 2.24 bits per heavy atom. The summed E-state index contributed by atoms with van der Waals surface area (Å²) in [6, 6.07) is 21.2. The van der Waals surface area contributed by atoms with Gasteiger partial charge in [-0.25, -0.2) is 19.6 Å². The largest absolute Gasteiger partial charge is 0.476 e. The summed E-state index contributed by atoms with van der Waals surface area (Å²) in [5, 5.41) is 30.6. The Labute approximate surface area is 599 Å². The van der Waals surface area contributed by atoms with Gasteiger partial charge in [-0.15, -0.1) is 0 Å². The summed E-state index contributed by atoms with van der Waals surface area (Å²) in [5.74, 6) is -6.71. The van der Waals surface area contributed by atoms with Gasteiger partial charge in [0.05, 0.1) is 51.4 Å². The standard InChI is InChI=1S/C74H86N12O15S2/c1-44(2)63(83-60(88)15-7-6-10-30-85-61(89)24-25-62(85)90)58(87)33-48(12-11-27-78-69(75)96)65(91)80-49-19-16-46(17-20-49)35-100-68(95)57(36-103(97,98)99)77-29-31-101-74-40-71(4)37-72(5,41-74)39-73(38-71,42-74)43-86-45(3)53(34-79-86)50-21-23-54(81-64(50)67(93)94)47-18-22-55-52(32-47)51(26-28-76-55)66(92)84-70-82-56-13-8-9-14-59(56)102-70/h8-9,13-14,16-26,28,32,34,44,48,57,63,77H,6-7,10-12,15,27,29-31,33,35-43H2,1-5H3,(H,80,91)(H,83,88)(H,93,94)(H3,75,78,96)(H,82,84,92)(H,97,98,99)/t48-,57?,63+,71?,72?,73?,74?/m1/s1. The van der Waals surface area contributed by atoms with E-state index in [-0.39, 0.29) is 109 Å². The van der Waals surface area contributed by atoms with E-state index in [1.807, 2.05) is 35.9 Å². The fraction of sp³-hybridized carbons (Fsp3) is 0.446. The van der Waals surface area contributed by atoms with Gasteiger partial charge in [0.2, 0.25) is 11.8 Å². The number of carboxylic acid groups (broad SMARTS) is 1. The number of aromatic nitrogens is 5. The summed E-state index contributed by atoms with van der Waals surface area (Å²) in [5.41, 5.74) is 9.30.